The highest BCUT2D eigenvalue weighted by Crippen LogP contribution is 2.29. The van der Waals surface area contributed by atoms with Crippen LogP contribution in [0.2, 0.25) is 5.15 Å². The van der Waals surface area contributed by atoms with Crippen LogP contribution in [-0.4, -0.2) is 34.7 Å². The van der Waals surface area contributed by atoms with Gasteiger partial charge in [0.05, 0.1) is 17.9 Å². The second-order valence-electron chi connectivity index (χ2n) is 10.0. The van der Waals surface area contributed by atoms with E-state index in [9.17, 15) is 4.79 Å². The van der Waals surface area contributed by atoms with E-state index < -0.39 is 0 Å². The summed E-state index contributed by atoms with van der Waals surface area (Å²) in [6.45, 7) is 3.36. The van der Waals surface area contributed by atoms with E-state index >= 15 is 0 Å². The number of nitrogens with zero attached hydrogens (tertiary/aromatic N) is 6. The van der Waals surface area contributed by atoms with Crippen molar-refractivity contribution in [1.29, 1.82) is 0 Å². The van der Waals surface area contributed by atoms with Crippen molar-refractivity contribution < 1.29 is 0 Å². The minimum Gasteiger partial charge on any atom is -0.290 e. The van der Waals surface area contributed by atoms with Crippen molar-refractivity contribution >= 4 is 11.6 Å². The molecule has 1 N–H and O–H groups in total. The number of benzene rings is 1. The Morgan fingerprint density at radius 3 is 2.54 bits per heavy atom. The van der Waals surface area contributed by atoms with Crippen molar-refractivity contribution in [2.24, 2.45) is 5.92 Å². The number of hydrogen-bond acceptors (Lipinski definition) is 5. The van der Waals surface area contributed by atoms with Crippen molar-refractivity contribution in [2.45, 2.75) is 77.8 Å². The first-order chi connectivity index (χ1) is 18.2. The number of aromatic nitrogens is 7. The highest BCUT2D eigenvalue weighted by atomic mass is 35.5. The van der Waals surface area contributed by atoms with Crippen molar-refractivity contribution in [3.63, 3.8) is 0 Å². The Hall–Kier alpha value is -3.26. The number of imidazole rings is 1. The van der Waals surface area contributed by atoms with Gasteiger partial charge in [-0.2, -0.15) is 5.21 Å². The van der Waals surface area contributed by atoms with Crippen LogP contribution in [0.3, 0.4) is 0 Å². The number of aromatic amines is 1. The van der Waals surface area contributed by atoms with Crippen LogP contribution in [0.1, 0.15) is 69.5 Å². The number of halogens is 1. The Kier molecular flexibility index (Phi) is 8.14. The third-order valence-corrected chi connectivity index (χ3v) is 7.82. The minimum absolute atomic E-state index is 0.00593. The average molecular weight is 520 g/mol. The third-order valence-electron chi connectivity index (χ3n) is 7.40. The number of nitrogens with one attached hydrogen (secondary N) is 1. The minimum atomic E-state index is -0.00593. The lowest BCUT2D eigenvalue weighted by atomic mass is 9.89. The molecule has 0 spiro atoms. The lowest BCUT2D eigenvalue weighted by molar-refractivity contribution is 0.315. The van der Waals surface area contributed by atoms with Gasteiger partial charge in [-0.3, -0.25) is 14.1 Å². The van der Waals surface area contributed by atoms with Crippen LogP contribution >= 0.6 is 11.6 Å². The van der Waals surface area contributed by atoms with Gasteiger partial charge >= 0.3 is 5.69 Å². The molecule has 1 saturated carbocycles. The van der Waals surface area contributed by atoms with E-state index in [0.717, 1.165) is 60.3 Å². The predicted octanol–water partition coefficient (Wildman–Crippen LogP) is 5.91. The van der Waals surface area contributed by atoms with Gasteiger partial charge in [0, 0.05) is 23.9 Å². The summed E-state index contributed by atoms with van der Waals surface area (Å²) in [5.41, 5.74) is 4.50. The van der Waals surface area contributed by atoms with Gasteiger partial charge in [-0.25, -0.2) is 4.79 Å². The normalized spacial score (nSPS) is 14.3. The molecular weight excluding hydrogens is 486 g/mol. The highest BCUT2D eigenvalue weighted by Gasteiger charge is 2.22. The van der Waals surface area contributed by atoms with Gasteiger partial charge in [-0.15, -0.1) is 10.2 Å². The first kappa shape index (κ1) is 25.4. The molecule has 4 aromatic rings. The highest BCUT2D eigenvalue weighted by molar-refractivity contribution is 6.30. The van der Waals surface area contributed by atoms with Crippen LogP contribution in [0.15, 0.2) is 47.4 Å². The molecule has 3 aromatic heterocycles. The SMILES string of the molecule is CCCCCc1c(Cl)n(CC2CCCCC2)c(=O)n1Cc1ccc(-c2ccccc2-c2nn[nH]n2)nc1. The van der Waals surface area contributed by atoms with Gasteiger partial charge in [-0.1, -0.05) is 81.0 Å². The molecule has 0 amide bonds. The second kappa shape index (κ2) is 11.9. The lowest BCUT2D eigenvalue weighted by Crippen LogP contribution is -2.28. The molecule has 1 aromatic carbocycles. The number of unbranched alkanes of at least 4 members (excludes halogenated alkanes) is 2. The molecule has 0 atom stereocenters. The van der Waals surface area contributed by atoms with Crippen LogP contribution in [0.5, 0.6) is 0 Å². The molecule has 0 unspecified atom stereocenters. The fourth-order valence-corrected chi connectivity index (χ4v) is 5.72. The summed E-state index contributed by atoms with van der Waals surface area (Å²) in [5.74, 6) is 1.06. The summed E-state index contributed by atoms with van der Waals surface area (Å²) in [6, 6.07) is 11.9. The van der Waals surface area contributed by atoms with Crippen molar-refractivity contribution in [1.82, 2.24) is 34.7 Å². The maximum Gasteiger partial charge on any atom is 0.329 e. The van der Waals surface area contributed by atoms with Gasteiger partial charge in [0.15, 0.2) is 0 Å². The molecular formula is C28H34ClN7O. The summed E-state index contributed by atoms with van der Waals surface area (Å²) in [4.78, 5) is 18.3. The van der Waals surface area contributed by atoms with Gasteiger partial charge in [0.1, 0.15) is 5.15 Å². The predicted molar refractivity (Wildman–Crippen MR) is 145 cm³/mol. The van der Waals surface area contributed by atoms with Crippen molar-refractivity contribution in [2.75, 3.05) is 0 Å². The first-order valence-electron chi connectivity index (χ1n) is 13.4. The zero-order valence-electron chi connectivity index (χ0n) is 21.4. The maximum absolute atomic E-state index is 13.6. The molecule has 194 valence electrons. The number of H-pyrrole nitrogens is 1. The van der Waals surface area contributed by atoms with Crippen LogP contribution < -0.4 is 5.69 Å². The monoisotopic (exact) mass is 519 g/mol. The Morgan fingerprint density at radius 2 is 1.84 bits per heavy atom. The van der Waals surface area contributed by atoms with E-state index in [2.05, 4.69) is 27.5 Å². The zero-order valence-corrected chi connectivity index (χ0v) is 22.1. The number of pyridine rings is 1. The zero-order chi connectivity index (χ0) is 25.6. The quantitative estimate of drug-likeness (QED) is 0.263. The molecule has 0 aliphatic heterocycles. The van der Waals surface area contributed by atoms with E-state index in [1.165, 1.54) is 32.1 Å². The Labute approximate surface area is 222 Å². The molecule has 9 heteroatoms. The van der Waals surface area contributed by atoms with Crippen molar-refractivity contribution in [3.05, 3.63) is 69.5 Å². The molecule has 8 nitrogen and oxygen atoms in total. The molecule has 0 bridgehead atoms. The molecule has 1 fully saturated rings. The number of hydrogen-bond donors (Lipinski definition) is 1. The molecule has 3 heterocycles. The number of rotatable bonds is 10. The summed E-state index contributed by atoms with van der Waals surface area (Å²) in [5, 5.41) is 15.0. The van der Waals surface area contributed by atoms with Crippen molar-refractivity contribution in [3.8, 4) is 22.6 Å². The van der Waals surface area contributed by atoms with Crippen LogP contribution in [0.25, 0.3) is 22.6 Å². The first-order valence-corrected chi connectivity index (χ1v) is 13.8. The average Bonchev–Trinajstić information content (AvgIpc) is 3.55. The molecule has 1 aliphatic rings. The lowest BCUT2D eigenvalue weighted by Gasteiger charge is -2.21. The molecule has 5 rings (SSSR count). The van der Waals surface area contributed by atoms with E-state index in [1.807, 2.05) is 51.7 Å². The van der Waals surface area contributed by atoms with Gasteiger partial charge in [0.25, 0.3) is 0 Å². The fourth-order valence-electron chi connectivity index (χ4n) is 5.38. The Balaban J connectivity index is 1.42. The fraction of sp³-hybridized carbons (Fsp3) is 0.464. The molecule has 1 aliphatic carbocycles. The van der Waals surface area contributed by atoms with E-state index in [-0.39, 0.29) is 5.69 Å². The largest absolute Gasteiger partial charge is 0.329 e. The summed E-state index contributed by atoms with van der Waals surface area (Å²) in [7, 11) is 0. The molecule has 37 heavy (non-hydrogen) atoms. The Bertz CT molecular complexity index is 1350. The maximum atomic E-state index is 13.6. The van der Waals surface area contributed by atoms with E-state index in [1.54, 1.807) is 0 Å². The second-order valence-corrected chi connectivity index (χ2v) is 10.4. The standard InChI is InChI=1S/C28H34ClN7O/c1-2-3-5-14-25-26(29)36(18-20-10-6-4-7-11-20)28(37)35(25)19-21-15-16-24(30-17-21)22-12-8-9-13-23(22)27-31-33-34-32-27/h8-9,12-13,15-17,20H,2-7,10-11,14,18-19H2,1H3,(H,31,32,33,34). The summed E-state index contributed by atoms with van der Waals surface area (Å²) in [6.07, 6.45) is 12.1. The molecule has 0 saturated heterocycles. The number of tetrazole rings is 1. The van der Waals surface area contributed by atoms with Gasteiger partial charge < -0.3 is 0 Å². The summed E-state index contributed by atoms with van der Waals surface area (Å²) >= 11 is 6.88. The molecule has 0 radical (unpaired) electrons. The van der Waals surface area contributed by atoms with Crippen LogP contribution in [0.4, 0.5) is 0 Å². The van der Waals surface area contributed by atoms with E-state index in [0.29, 0.717) is 23.4 Å². The Morgan fingerprint density at radius 1 is 1.03 bits per heavy atom. The third kappa shape index (κ3) is 5.69. The van der Waals surface area contributed by atoms with Crippen LogP contribution in [0, 0.1) is 5.92 Å². The van der Waals surface area contributed by atoms with Crippen LogP contribution in [-0.2, 0) is 19.5 Å². The van der Waals surface area contributed by atoms with Gasteiger partial charge in [0.2, 0.25) is 5.82 Å². The topological polar surface area (TPSA) is 94.3 Å². The smallest absolute Gasteiger partial charge is 0.290 e. The van der Waals surface area contributed by atoms with E-state index in [4.69, 9.17) is 16.6 Å². The van der Waals surface area contributed by atoms with Gasteiger partial charge in [-0.05, 0) is 48.4 Å². The summed E-state index contributed by atoms with van der Waals surface area (Å²) < 4.78 is 3.69.